The molecule has 2 rings (SSSR count). The zero-order valence-corrected chi connectivity index (χ0v) is 21.4. The van der Waals surface area contributed by atoms with Crippen LogP contribution in [-0.2, 0) is 26.2 Å². The highest BCUT2D eigenvalue weighted by molar-refractivity contribution is 7.92. The first-order valence-corrected chi connectivity index (χ1v) is 12.9. The number of halogens is 1. The summed E-state index contributed by atoms with van der Waals surface area (Å²) in [6.45, 7) is 2.97. The number of carbonyl (C=O) groups is 2. The lowest BCUT2D eigenvalue weighted by Crippen LogP contribution is -2.51. The lowest BCUT2D eigenvalue weighted by atomic mass is 10.1. The summed E-state index contributed by atoms with van der Waals surface area (Å²) in [6, 6.07) is 9.42. The second kappa shape index (κ2) is 12.4. The van der Waals surface area contributed by atoms with Crippen LogP contribution in [0, 0.1) is 5.82 Å². The maximum Gasteiger partial charge on any atom is 0.244 e. The number of amides is 2. The molecule has 2 aromatic rings. The number of methoxy groups -OCH3 is 2. The number of sulfonamides is 1. The molecule has 0 heterocycles. The molecular weight excluding hydrogens is 477 g/mol. The minimum absolute atomic E-state index is 0.123. The summed E-state index contributed by atoms with van der Waals surface area (Å²) in [5, 5.41) is 2.72. The lowest BCUT2D eigenvalue weighted by Gasteiger charge is -2.32. The van der Waals surface area contributed by atoms with Crippen LogP contribution in [0.25, 0.3) is 0 Å². The summed E-state index contributed by atoms with van der Waals surface area (Å²) >= 11 is 0. The Morgan fingerprint density at radius 3 is 2.37 bits per heavy atom. The molecule has 192 valence electrons. The predicted octanol–water partition coefficient (Wildman–Crippen LogP) is 2.55. The minimum atomic E-state index is -3.95. The number of nitrogens with one attached hydrogen (secondary N) is 1. The average molecular weight is 510 g/mol. The van der Waals surface area contributed by atoms with E-state index in [1.807, 2.05) is 6.92 Å². The van der Waals surface area contributed by atoms with Gasteiger partial charge in [0, 0.05) is 24.7 Å². The number of hydrogen-bond donors (Lipinski definition) is 1. The topological polar surface area (TPSA) is 105 Å². The van der Waals surface area contributed by atoms with Gasteiger partial charge in [-0.15, -0.1) is 0 Å². The molecule has 11 heteroatoms. The maximum atomic E-state index is 14.4. The fourth-order valence-corrected chi connectivity index (χ4v) is 4.23. The van der Waals surface area contributed by atoms with Crippen LogP contribution in [0.15, 0.2) is 42.5 Å². The molecule has 1 N–H and O–H groups in total. The third kappa shape index (κ3) is 7.32. The number of benzene rings is 2. The van der Waals surface area contributed by atoms with Crippen molar-refractivity contribution in [2.24, 2.45) is 0 Å². The SMILES string of the molecule is CCCNC(=O)[C@H](C)N(Cc1ccccc1F)C(=O)CN(c1ccc(OC)cc1OC)S(C)(=O)=O. The average Bonchev–Trinajstić information content (AvgIpc) is 2.83. The third-order valence-electron chi connectivity index (χ3n) is 5.35. The minimum Gasteiger partial charge on any atom is -0.497 e. The van der Waals surface area contributed by atoms with E-state index < -0.39 is 40.2 Å². The molecule has 0 saturated carbocycles. The van der Waals surface area contributed by atoms with Crippen LogP contribution in [0.2, 0.25) is 0 Å². The molecule has 35 heavy (non-hydrogen) atoms. The van der Waals surface area contributed by atoms with Gasteiger partial charge in [-0.25, -0.2) is 12.8 Å². The predicted molar refractivity (Wildman–Crippen MR) is 131 cm³/mol. The van der Waals surface area contributed by atoms with E-state index in [1.165, 1.54) is 51.5 Å². The van der Waals surface area contributed by atoms with Gasteiger partial charge in [0.1, 0.15) is 29.9 Å². The van der Waals surface area contributed by atoms with Crippen LogP contribution in [0.3, 0.4) is 0 Å². The zero-order valence-electron chi connectivity index (χ0n) is 20.6. The second-order valence-corrected chi connectivity index (χ2v) is 9.79. The van der Waals surface area contributed by atoms with Gasteiger partial charge in [0.2, 0.25) is 21.8 Å². The molecule has 2 amide bonds. The van der Waals surface area contributed by atoms with Crippen LogP contribution in [-0.4, -0.2) is 64.7 Å². The Labute approximate surface area is 205 Å². The standard InChI is InChI=1S/C24H32FN3O6S/c1-6-13-26-24(30)17(2)27(15-18-9-7-8-10-20(18)25)23(29)16-28(35(5,31)32)21-12-11-19(33-3)14-22(21)34-4/h7-12,14,17H,6,13,15-16H2,1-5H3,(H,26,30)/t17-/m0/s1. The van der Waals surface area contributed by atoms with Crippen molar-refractivity contribution in [3.8, 4) is 11.5 Å². The van der Waals surface area contributed by atoms with Crippen LogP contribution in [0.5, 0.6) is 11.5 Å². The van der Waals surface area contributed by atoms with E-state index in [1.54, 1.807) is 12.1 Å². The number of carbonyl (C=O) groups excluding carboxylic acids is 2. The Kier molecular flexibility index (Phi) is 9.88. The Balaban J connectivity index is 2.46. The Bertz CT molecular complexity index is 1140. The molecule has 2 aromatic carbocycles. The molecule has 0 bridgehead atoms. The smallest absolute Gasteiger partial charge is 0.244 e. The summed E-state index contributed by atoms with van der Waals surface area (Å²) < 4.78 is 51.2. The molecule has 0 aliphatic heterocycles. The molecule has 1 atom stereocenters. The molecule has 0 aromatic heterocycles. The number of hydrogen-bond acceptors (Lipinski definition) is 6. The number of anilines is 1. The van der Waals surface area contributed by atoms with Gasteiger partial charge in [0.25, 0.3) is 0 Å². The van der Waals surface area contributed by atoms with E-state index in [2.05, 4.69) is 5.32 Å². The zero-order chi connectivity index (χ0) is 26.2. The van der Waals surface area contributed by atoms with Gasteiger partial charge in [0.15, 0.2) is 0 Å². The van der Waals surface area contributed by atoms with Crippen molar-refractivity contribution in [3.05, 3.63) is 53.8 Å². The monoisotopic (exact) mass is 509 g/mol. The van der Waals surface area contributed by atoms with Crippen molar-refractivity contribution in [1.82, 2.24) is 10.2 Å². The summed E-state index contributed by atoms with van der Waals surface area (Å²) in [7, 11) is -1.13. The molecule has 0 unspecified atom stereocenters. The Morgan fingerprint density at radius 1 is 1.11 bits per heavy atom. The van der Waals surface area contributed by atoms with Crippen molar-refractivity contribution in [2.45, 2.75) is 32.9 Å². The van der Waals surface area contributed by atoms with Crippen LogP contribution in [0.1, 0.15) is 25.8 Å². The first kappa shape index (κ1) is 27.9. The highest BCUT2D eigenvalue weighted by Crippen LogP contribution is 2.33. The Hall–Kier alpha value is -3.34. The number of ether oxygens (including phenoxy) is 2. The first-order valence-electron chi connectivity index (χ1n) is 11.0. The first-order chi connectivity index (χ1) is 16.5. The summed E-state index contributed by atoms with van der Waals surface area (Å²) in [5.74, 6) is -1.03. The largest absolute Gasteiger partial charge is 0.497 e. The van der Waals surface area contributed by atoms with E-state index in [0.29, 0.717) is 18.7 Å². The molecule has 0 aliphatic carbocycles. The maximum absolute atomic E-state index is 14.4. The van der Waals surface area contributed by atoms with Crippen LogP contribution >= 0.6 is 0 Å². The van der Waals surface area contributed by atoms with Gasteiger partial charge in [0.05, 0.1) is 26.2 Å². The van der Waals surface area contributed by atoms with E-state index in [-0.39, 0.29) is 23.5 Å². The van der Waals surface area contributed by atoms with Crippen molar-refractivity contribution in [1.29, 1.82) is 0 Å². The van der Waals surface area contributed by atoms with Crippen molar-refractivity contribution >= 4 is 27.5 Å². The van der Waals surface area contributed by atoms with Gasteiger partial charge >= 0.3 is 0 Å². The fraction of sp³-hybridized carbons (Fsp3) is 0.417. The molecule has 0 spiro atoms. The van der Waals surface area contributed by atoms with Gasteiger partial charge in [-0.3, -0.25) is 13.9 Å². The molecule has 0 fully saturated rings. The van der Waals surface area contributed by atoms with Crippen LogP contribution < -0.4 is 19.1 Å². The van der Waals surface area contributed by atoms with Crippen LogP contribution in [0.4, 0.5) is 10.1 Å². The van der Waals surface area contributed by atoms with Gasteiger partial charge in [-0.1, -0.05) is 25.1 Å². The number of nitrogens with zero attached hydrogens (tertiary/aromatic N) is 2. The van der Waals surface area contributed by atoms with E-state index in [9.17, 15) is 22.4 Å². The van der Waals surface area contributed by atoms with E-state index in [4.69, 9.17) is 9.47 Å². The Morgan fingerprint density at radius 2 is 1.80 bits per heavy atom. The summed E-state index contributed by atoms with van der Waals surface area (Å²) in [5.41, 5.74) is 0.321. The second-order valence-electron chi connectivity index (χ2n) is 7.89. The van der Waals surface area contributed by atoms with Crippen molar-refractivity contribution < 1.29 is 31.9 Å². The van der Waals surface area contributed by atoms with E-state index >= 15 is 0 Å². The number of rotatable bonds is 12. The highest BCUT2D eigenvalue weighted by Gasteiger charge is 2.31. The van der Waals surface area contributed by atoms with Gasteiger partial charge in [-0.2, -0.15) is 0 Å². The molecule has 0 aliphatic rings. The quantitative estimate of drug-likeness (QED) is 0.472. The third-order valence-corrected chi connectivity index (χ3v) is 6.48. The van der Waals surface area contributed by atoms with Crippen molar-refractivity contribution in [2.75, 3.05) is 37.9 Å². The summed E-state index contributed by atoms with van der Waals surface area (Å²) in [4.78, 5) is 27.3. The van der Waals surface area contributed by atoms with Crippen molar-refractivity contribution in [3.63, 3.8) is 0 Å². The molecule has 9 nitrogen and oxygen atoms in total. The normalized spacial score (nSPS) is 11.9. The van der Waals surface area contributed by atoms with Gasteiger partial charge < -0.3 is 19.7 Å². The lowest BCUT2D eigenvalue weighted by molar-refractivity contribution is -0.139. The highest BCUT2D eigenvalue weighted by atomic mass is 32.2. The van der Waals surface area contributed by atoms with Gasteiger partial charge in [-0.05, 0) is 31.5 Å². The fourth-order valence-electron chi connectivity index (χ4n) is 3.37. The molecule has 0 radical (unpaired) electrons. The van der Waals surface area contributed by atoms with E-state index in [0.717, 1.165) is 15.5 Å². The summed E-state index contributed by atoms with van der Waals surface area (Å²) in [6.07, 6.45) is 1.65. The molecular formula is C24H32FN3O6S. The molecule has 0 saturated heterocycles.